The zero-order valence-corrected chi connectivity index (χ0v) is 18.5. The molecule has 0 N–H and O–H groups in total. The van der Waals surface area contributed by atoms with Gasteiger partial charge in [0.1, 0.15) is 5.75 Å². The number of piperidine rings is 3. The van der Waals surface area contributed by atoms with Crippen LogP contribution in [0.2, 0.25) is 0 Å². The van der Waals surface area contributed by atoms with Crippen LogP contribution >= 0.6 is 0 Å². The van der Waals surface area contributed by atoms with Gasteiger partial charge in [0, 0.05) is 64.0 Å². The number of likely N-dealkylation sites (tertiary alicyclic amines) is 1. The minimum atomic E-state index is 0.255. The van der Waals surface area contributed by atoms with E-state index in [9.17, 15) is 9.59 Å². The molecule has 0 aliphatic carbocycles. The van der Waals surface area contributed by atoms with E-state index in [4.69, 9.17) is 4.74 Å². The first-order chi connectivity index (χ1) is 15.1. The second-order valence-electron chi connectivity index (χ2n) is 9.63. The highest BCUT2D eigenvalue weighted by atomic mass is 16.5. The summed E-state index contributed by atoms with van der Waals surface area (Å²) < 4.78 is 5.24. The number of piperazine rings is 1. The molecule has 4 aliphatic rings. The lowest BCUT2D eigenvalue weighted by atomic mass is 9.76. The van der Waals surface area contributed by atoms with Gasteiger partial charge < -0.3 is 19.4 Å². The predicted octanol–water partition coefficient (Wildman–Crippen LogP) is 1.68. The minimum Gasteiger partial charge on any atom is -0.497 e. The topological polar surface area (TPSA) is 56.3 Å². The Morgan fingerprint density at radius 2 is 1.84 bits per heavy atom. The molecule has 168 valence electrons. The Bertz CT molecular complexity index is 806. The fourth-order valence-electron chi connectivity index (χ4n) is 6.14. The van der Waals surface area contributed by atoms with Crippen LogP contribution in [0.5, 0.6) is 5.75 Å². The number of amides is 2. The normalized spacial score (nSPS) is 29.0. The Hall–Kier alpha value is -2.28. The van der Waals surface area contributed by atoms with Crippen molar-refractivity contribution in [2.45, 2.75) is 31.7 Å². The highest BCUT2D eigenvalue weighted by Crippen LogP contribution is 2.37. The molecule has 2 amide bonds. The van der Waals surface area contributed by atoms with E-state index in [1.807, 2.05) is 17.0 Å². The molecule has 5 rings (SSSR count). The average Bonchev–Trinajstić information content (AvgIpc) is 2.80. The maximum atomic E-state index is 13.0. The third kappa shape index (κ3) is 4.25. The molecule has 0 aromatic heterocycles. The predicted molar refractivity (Wildman–Crippen MR) is 119 cm³/mol. The SMILES string of the molecule is COc1ccc(N2CCN(C(=O)CN3CC4CC(C3)[C@H]3CCCC(=O)N3C4)CC2)cc1. The second-order valence-corrected chi connectivity index (χ2v) is 9.63. The number of anilines is 1. The van der Waals surface area contributed by atoms with E-state index >= 15 is 0 Å². The van der Waals surface area contributed by atoms with Crippen LogP contribution in [0.15, 0.2) is 24.3 Å². The molecule has 0 radical (unpaired) electrons. The Morgan fingerprint density at radius 3 is 2.58 bits per heavy atom. The Morgan fingerprint density at radius 1 is 1.06 bits per heavy atom. The van der Waals surface area contributed by atoms with E-state index in [2.05, 4.69) is 26.8 Å². The summed E-state index contributed by atoms with van der Waals surface area (Å²) in [4.78, 5) is 34.3. The van der Waals surface area contributed by atoms with Gasteiger partial charge in [-0.25, -0.2) is 0 Å². The first-order valence-electron chi connectivity index (χ1n) is 11.8. The summed E-state index contributed by atoms with van der Waals surface area (Å²) in [6, 6.07) is 8.55. The van der Waals surface area contributed by atoms with Gasteiger partial charge in [0.05, 0.1) is 13.7 Å². The van der Waals surface area contributed by atoms with Crippen LogP contribution in [0.1, 0.15) is 25.7 Å². The maximum absolute atomic E-state index is 13.0. The summed E-state index contributed by atoms with van der Waals surface area (Å²) in [6.07, 6.45) is 4.11. The van der Waals surface area contributed by atoms with Gasteiger partial charge >= 0.3 is 0 Å². The lowest BCUT2D eigenvalue weighted by Gasteiger charge is -2.52. The first kappa shape index (κ1) is 20.6. The Balaban J connectivity index is 1.13. The maximum Gasteiger partial charge on any atom is 0.236 e. The monoisotopic (exact) mass is 426 g/mol. The van der Waals surface area contributed by atoms with E-state index in [1.165, 1.54) is 12.1 Å². The molecule has 7 nitrogen and oxygen atoms in total. The molecule has 4 heterocycles. The molecule has 0 spiro atoms. The molecule has 2 bridgehead atoms. The highest BCUT2D eigenvalue weighted by Gasteiger charge is 2.44. The quantitative estimate of drug-likeness (QED) is 0.733. The summed E-state index contributed by atoms with van der Waals surface area (Å²) >= 11 is 0. The van der Waals surface area contributed by atoms with Gasteiger partial charge in [0.25, 0.3) is 0 Å². The van der Waals surface area contributed by atoms with Gasteiger partial charge in [-0.3, -0.25) is 14.5 Å². The van der Waals surface area contributed by atoms with Crippen molar-refractivity contribution in [3.63, 3.8) is 0 Å². The van der Waals surface area contributed by atoms with Crippen molar-refractivity contribution in [2.75, 3.05) is 64.4 Å². The number of nitrogens with zero attached hydrogens (tertiary/aromatic N) is 4. The van der Waals surface area contributed by atoms with E-state index in [0.29, 0.717) is 30.3 Å². The Kier molecular flexibility index (Phi) is 5.78. The molecule has 4 saturated heterocycles. The Labute approximate surface area is 184 Å². The summed E-state index contributed by atoms with van der Waals surface area (Å²) in [5.41, 5.74) is 1.18. The van der Waals surface area contributed by atoms with Crippen molar-refractivity contribution >= 4 is 17.5 Å². The average molecular weight is 427 g/mol. The van der Waals surface area contributed by atoms with E-state index in [1.54, 1.807) is 7.11 Å². The molecular formula is C24H34N4O3. The van der Waals surface area contributed by atoms with Crippen LogP contribution in [-0.2, 0) is 9.59 Å². The number of fused-ring (bicyclic) bond motifs is 4. The van der Waals surface area contributed by atoms with Crippen molar-refractivity contribution in [1.82, 2.24) is 14.7 Å². The van der Waals surface area contributed by atoms with Crippen LogP contribution in [-0.4, -0.2) is 92.0 Å². The third-order valence-electron chi connectivity index (χ3n) is 7.68. The summed E-state index contributed by atoms with van der Waals surface area (Å²) in [7, 11) is 1.68. The number of rotatable bonds is 4. The molecule has 3 atom stereocenters. The highest BCUT2D eigenvalue weighted by molar-refractivity contribution is 5.79. The molecule has 2 unspecified atom stereocenters. The standard InChI is InChI=1S/C24H34N4O3/c1-31-21-7-5-20(6-8-21)26-9-11-27(12-10-26)24(30)17-25-14-18-13-19(16-25)22-3-2-4-23(29)28(22)15-18/h5-8,18-19,22H,2-4,9-17H2,1H3/t18?,19?,22-/m1/s1. The van der Waals surface area contributed by atoms with Crippen molar-refractivity contribution in [3.8, 4) is 5.75 Å². The van der Waals surface area contributed by atoms with Crippen molar-refractivity contribution < 1.29 is 14.3 Å². The van der Waals surface area contributed by atoms with Crippen LogP contribution in [0, 0.1) is 11.8 Å². The van der Waals surface area contributed by atoms with Crippen LogP contribution in [0.3, 0.4) is 0 Å². The van der Waals surface area contributed by atoms with E-state index < -0.39 is 0 Å². The molecule has 0 saturated carbocycles. The molecule has 4 aliphatic heterocycles. The van der Waals surface area contributed by atoms with Crippen molar-refractivity contribution in [3.05, 3.63) is 24.3 Å². The molecule has 31 heavy (non-hydrogen) atoms. The molecule has 1 aromatic carbocycles. The first-order valence-corrected chi connectivity index (χ1v) is 11.8. The fourth-order valence-corrected chi connectivity index (χ4v) is 6.14. The van der Waals surface area contributed by atoms with E-state index in [0.717, 1.165) is 70.8 Å². The van der Waals surface area contributed by atoms with Gasteiger partial charge in [0.2, 0.25) is 11.8 Å². The number of hydrogen-bond acceptors (Lipinski definition) is 5. The zero-order valence-electron chi connectivity index (χ0n) is 18.5. The zero-order chi connectivity index (χ0) is 21.4. The smallest absolute Gasteiger partial charge is 0.236 e. The molecule has 7 heteroatoms. The minimum absolute atomic E-state index is 0.255. The van der Waals surface area contributed by atoms with Gasteiger partial charge in [-0.15, -0.1) is 0 Å². The van der Waals surface area contributed by atoms with Gasteiger partial charge in [-0.05, 0) is 55.4 Å². The van der Waals surface area contributed by atoms with Crippen LogP contribution < -0.4 is 9.64 Å². The molecular weight excluding hydrogens is 392 g/mol. The summed E-state index contributed by atoms with van der Waals surface area (Å²) in [5.74, 6) is 2.54. The number of carbonyl (C=O) groups excluding carboxylic acids is 2. The van der Waals surface area contributed by atoms with Gasteiger partial charge in [-0.1, -0.05) is 0 Å². The third-order valence-corrected chi connectivity index (χ3v) is 7.68. The number of hydrogen-bond donors (Lipinski definition) is 0. The molecule has 1 aromatic rings. The number of benzene rings is 1. The van der Waals surface area contributed by atoms with Crippen molar-refractivity contribution in [2.24, 2.45) is 11.8 Å². The van der Waals surface area contributed by atoms with Gasteiger partial charge in [0.15, 0.2) is 0 Å². The lowest BCUT2D eigenvalue weighted by Crippen LogP contribution is -2.61. The van der Waals surface area contributed by atoms with Crippen LogP contribution in [0.4, 0.5) is 5.69 Å². The van der Waals surface area contributed by atoms with E-state index in [-0.39, 0.29) is 5.91 Å². The van der Waals surface area contributed by atoms with Crippen molar-refractivity contribution in [1.29, 1.82) is 0 Å². The number of carbonyl (C=O) groups is 2. The second kappa shape index (κ2) is 8.69. The summed E-state index contributed by atoms with van der Waals surface area (Å²) in [5, 5.41) is 0. The number of methoxy groups -OCH3 is 1. The largest absolute Gasteiger partial charge is 0.497 e. The lowest BCUT2D eigenvalue weighted by molar-refractivity contribution is -0.146. The van der Waals surface area contributed by atoms with Crippen LogP contribution in [0.25, 0.3) is 0 Å². The summed E-state index contributed by atoms with van der Waals surface area (Å²) in [6.45, 7) is 6.60. The fraction of sp³-hybridized carbons (Fsp3) is 0.667. The molecule has 4 fully saturated rings. The number of ether oxygens (including phenoxy) is 1. The van der Waals surface area contributed by atoms with Gasteiger partial charge in [-0.2, -0.15) is 0 Å².